The summed E-state index contributed by atoms with van der Waals surface area (Å²) in [6.45, 7) is 0. The fraction of sp³-hybridized carbons (Fsp3) is 0.556. The van der Waals surface area contributed by atoms with Gasteiger partial charge < -0.3 is 20.7 Å². The van der Waals surface area contributed by atoms with Crippen molar-refractivity contribution in [2.45, 2.75) is 63.1 Å². The highest BCUT2D eigenvalue weighted by atomic mass is 16.5. The lowest BCUT2D eigenvalue weighted by molar-refractivity contribution is -0.197. The number of hydrogen-bond acceptors (Lipinski definition) is 9. The largest absolute Gasteiger partial charge is 0.507 e. The minimum atomic E-state index is -2.91. The number of phenols is 1. The summed E-state index contributed by atoms with van der Waals surface area (Å²) >= 11 is 0. The number of fused-ring (bicyclic) bond motifs is 3. The Kier molecular flexibility index (Phi) is 6.26. The Morgan fingerprint density at radius 2 is 1.76 bits per heavy atom. The van der Waals surface area contributed by atoms with Crippen LogP contribution >= 0.6 is 0 Å². The lowest BCUT2D eigenvalue weighted by atomic mass is 9.52. The van der Waals surface area contributed by atoms with Crippen molar-refractivity contribution in [3.05, 3.63) is 29.3 Å². The van der Waals surface area contributed by atoms with Crippen LogP contribution in [0.15, 0.2) is 18.2 Å². The lowest BCUT2D eigenvalue weighted by Crippen LogP contribution is -2.72. The zero-order valence-corrected chi connectivity index (χ0v) is 20.2. The summed E-state index contributed by atoms with van der Waals surface area (Å²) in [5, 5.41) is 21.9. The Balaban J connectivity index is 1.55. The van der Waals surface area contributed by atoms with E-state index in [1.54, 1.807) is 6.07 Å². The van der Waals surface area contributed by atoms with Crippen molar-refractivity contribution in [3.63, 3.8) is 0 Å². The van der Waals surface area contributed by atoms with Crippen LogP contribution in [0.1, 0.15) is 60.9 Å². The van der Waals surface area contributed by atoms with Gasteiger partial charge in [-0.15, -0.1) is 0 Å². The third kappa shape index (κ3) is 3.89. The topological polar surface area (TPSA) is 178 Å². The number of carbonyl (C=O) groups excluding carboxylic acids is 6. The van der Waals surface area contributed by atoms with Crippen molar-refractivity contribution >= 4 is 35.0 Å². The quantitative estimate of drug-likeness (QED) is 0.381. The normalized spacial score (nSPS) is 33.5. The number of aliphatic hydroxyl groups is 1. The van der Waals surface area contributed by atoms with Gasteiger partial charge in [0.1, 0.15) is 11.9 Å². The maximum Gasteiger partial charge on any atom is 0.306 e. The first kappa shape index (κ1) is 25.3. The van der Waals surface area contributed by atoms with E-state index in [1.807, 2.05) is 0 Å². The summed E-state index contributed by atoms with van der Waals surface area (Å²) < 4.78 is 5.80. The maximum atomic E-state index is 13.7. The molecule has 4 aliphatic rings. The highest BCUT2D eigenvalue weighted by molar-refractivity contribution is 6.31. The van der Waals surface area contributed by atoms with Gasteiger partial charge in [0.15, 0.2) is 34.7 Å². The Morgan fingerprint density at radius 3 is 2.43 bits per heavy atom. The fourth-order valence-electron chi connectivity index (χ4n) is 6.90. The number of benzene rings is 1. The van der Waals surface area contributed by atoms with Gasteiger partial charge in [-0.25, -0.2) is 0 Å². The molecule has 0 heterocycles. The zero-order valence-electron chi connectivity index (χ0n) is 20.2. The number of aromatic hydroxyl groups is 1. The van der Waals surface area contributed by atoms with Gasteiger partial charge in [-0.1, -0.05) is 37.8 Å². The molecule has 1 aromatic rings. The van der Waals surface area contributed by atoms with E-state index in [9.17, 15) is 39.0 Å². The molecule has 37 heavy (non-hydrogen) atoms. The van der Waals surface area contributed by atoms with E-state index >= 15 is 0 Å². The highest BCUT2D eigenvalue weighted by Gasteiger charge is 2.70. The standard InChI is InChI=1S/C27H29NO9/c28-26(35)21-17(30)11-15-23(37-18(31)9-8-12-4-1-2-5-12)14-10-13-6-3-7-16(29)19(13)22(32)20(14)24(33)27(15,36)25(21)34/h3,6-7,12,14-15,20-21,23,29,36H,1-2,4-5,8-11H2,(H2,28,35)/t14-,15-,20?,21?,23+,27+/m1/s1. The predicted octanol–water partition coefficient (Wildman–Crippen LogP) is 0.819. The Hall–Kier alpha value is -3.40. The summed E-state index contributed by atoms with van der Waals surface area (Å²) in [5.74, 6) is -12.2. The molecule has 0 radical (unpaired) electrons. The molecule has 6 atom stereocenters. The molecule has 4 aliphatic carbocycles. The summed E-state index contributed by atoms with van der Waals surface area (Å²) in [6.07, 6.45) is 3.05. The Morgan fingerprint density at radius 1 is 1.05 bits per heavy atom. The van der Waals surface area contributed by atoms with Crippen LogP contribution in [0.25, 0.3) is 0 Å². The van der Waals surface area contributed by atoms with Crippen molar-refractivity contribution in [1.29, 1.82) is 0 Å². The summed E-state index contributed by atoms with van der Waals surface area (Å²) in [6, 6.07) is 4.43. The van der Waals surface area contributed by atoms with Crippen LogP contribution in [0.3, 0.4) is 0 Å². The van der Waals surface area contributed by atoms with Gasteiger partial charge in [0.05, 0.1) is 11.5 Å². The summed E-state index contributed by atoms with van der Waals surface area (Å²) in [5.41, 5.74) is 2.66. The molecule has 0 saturated heterocycles. The molecule has 1 aromatic carbocycles. The molecule has 0 aliphatic heterocycles. The van der Waals surface area contributed by atoms with Crippen LogP contribution in [0, 0.1) is 29.6 Å². The van der Waals surface area contributed by atoms with Crippen molar-refractivity contribution in [3.8, 4) is 5.75 Å². The number of phenolic OH excluding ortho intramolecular Hbond substituents is 1. The smallest absolute Gasteiger partial charge is 0.306 e. The molecule has 0 spiro atoms. The molecular formula is C27H29NO9. The second-order valence-corrected chi connectivity index (χ2v) is 10.8. The lowest BCUT2D eigenvalue weighted by Gasteiger charge is -2.52. The van der Waals surface area contributed by atoms with Crippen molar-refractivity contribution in [2.75, 3.05) is 0 Å². The molecule has 3 saturated carbocycles. The van der Waals surface area contributed by atoms with E-state index in [0.29, 0.717) is 17.9 Å². The first-order chi connectivity index (χ1) is 17.6. The van der Waals surface area contributed by atoms with Crippen LogP contribution in [0.5, 0.6) is 5.75 Å². The average Bonchev–Trinajstić information content (AvgIpc) is 3.36. The first-order valence-electron chi connectivity index (χ1n) is 12.7. The number of Topliss-reactive ketones (excluding diaryl/α,β-unsaturated/α-hetero) is 4. The van der Waals surface area contributed by atoms with Crippen LogP contribution in [0.4, 0.5) is 0 Å². The van der Waals surface area contributed by atoms with E-state index in [1.165, 1.54) is 12.1 Å². The van der Waals surface area contributed by atoms with E-state index < -0.39 is 76.8 Å². The first-order valence-corrected chi connectivity index (χ1v) is 12.7. The van der Waals surface area contributed by atoms with Gasteiger partial charge in [-0.05, 0) is 30.4 Å². The van der Waals surface area contributed by atoms with Gasteiger partial charge >= 0.3 is 5.97 Å². The molecule has 10 nitrogen and oxygen atoms in total. The number of primary amides is 1. The van der Waals surface area contributed by atoms with E-state index in [2.05, 4.69) is 0 Å². The fourth-order valence-corrected chi connectivity index (χ4v) is 6.90. The minimum Gasteiger partial charge on any atom is -0.507 e. The van der Waals surface area contributed by atoms with Crippen molar-refractivity contribution in [1.82, 2.24) is 0 Å². The van der Waals surface area contributed by atoms with Crippen LogP contribution < -0.4 is 5.73 Å². The number of ether oxygens (including phenoxy) is 1. The third-order valence-electron chi connectivity index (χ3n) is 8.72. The molecule has 0 bridgehead atoms. The van der Waals surface area contributed by atoms with E-state index in [0.717, 1.165) is 25.7 Å². The monoisotopic (exact) mass is 511 g/mol. The molecule has 0 aromatic heterocycles. The van der Waals surface area contributed by atoms with Crippen molar-refractivity contribution in [2.24, 2.45) is 35.3 Å². The number of hydrogen-bond donors (Lipinski definition) is 3. The van der Waals surface area contributed by atoms with E-state index in [-0.39, 0.29) is 24.2 Å². The predicted molar refractivity (Wildman–Crippen MR) is 125 cm³/mol. The van der Waals surface area contributed by atoms with Gasteiger partial charge in [-0.2, -0.15) is 0 Å². The van der Waals surface area contributed by atoms with Gasteiger partial charge in [0.25, 0.3) is 0 Å². The SMILES string of the molecule is NC(=O)C1C(=O)C[C@@H]2[C@@H](OC(=O)CCC3CCCC3)[C@@H]3Cc4cccc(O)c4C(=O)C3C(=O)[C@]2(O)C1=O. The number of nitrogens with two attached hydrogens (primary N) is 1. The number of carbonyl (C=O) groups is 6. The van der Waals surface area contributed by atoms with E-state index in [4.69, 9.17) is 10.5 Å². The second-order valence-electron chi connectivity index (χ2n) is 10.8. The summed E-state index contributed by atoms with van der Waals surface area (Å²) in [7, 11) is 0. The molecule has 196 valence electrons. The zero-order chi connectivity index (χ0) is 26.6. The molecule has 2 unspecified atom stereocenters. The van der Waals surface area contributed by atoms with Gasteiger partial charge in [-0.3, -0.25) is 28.8 Å². The van der Waals surface area contributed by atoms with Crippen LogP contribution in [-0.2, 0) is 35.1 Å². The molecule has 3 fully saturated rings. The Bertz CT molecular complexity index is 1220. The summed E-state index contributed by atoms with van der Waals surface area (Å²) in [4.78, 5) is 78.1. The van der Waals surface area contributed by atoms with Crippen molar-refractivity contribution < 1.29 is 43.7 Å². The van der Waals surface area contributed by atoms with Crippen LogP contribution in [-0.4, -0.2) is 56.9 Å². The van der Waals surface area contributed by atoms with Gasteiger partial charge in [0, 0.05) is 24.7 Å². The number of rotatable bonds is 5. The molecule has 10 heteroatoms. The highest BCUT2D eigenvalue weighted by Crippen LogP contribution is 2.51. The van der Waals surface area contributed by atoms with Crippen LogP contribution in [0.2, 0.25) is 0 Å². The third-order valence-corrected chi connectivity index (χ3v) is 8.72. The molecule has 5 rings (SSSR count). The molecule has 4 N–H and O–H groups in total. The number of ketones is 4. The Labute approximate surface area is 212 Å². The number of esters is 1. The number of amides is 1. The molecule has 1 amide bonds. The minimum absolute atomic E-state index is 0.0423. The van der Waals surface area contributed by atoms with Gasteiger partial charge in [0.2, 0.25) is 5.91 Å². The maximum absolute atomic E-state index is 13.7. The second kappa shape index (κ2) is 9.16. The average molecular weight is 512 g/mol. The molecular weight excluding hydrogens is 482 g/mol.